The molecule has 1 aliphatic rings. The minimum Gasteiger partial charge on any atom is -0.338 e. The molecule has 0 bridgehead atoms. The zero-order chi connectivity index (χ0) is 20.8. The predicted octanol–water partition coefficient (Wildman–Crippen LogP) is 5.13. The third kappa shape index (κ3) is 5.60. The number of aryl methyl sites for hydroxylation is 1. The average Bonchev–Trinajstić information content (AvgIpc) is 2.74. The second-order valence-electron chi connectivity index (χ2n) is 7.51. The zero-order valence-corrected chi connectivity index (χ0v) is 17.7. The van der Waals surface area contributed by atoms with Gasteiger partial charge in [-0.3, -0.25) is 9.59 Å². The van der Waals surface area contributed by atoms with Crippen LogP contribution in [0.5, 0.6) is 0 Å². The monoisotopic (exact) mass is 414 g/mol. The van der Waals surface area contributed by atoms with Crippen molar-refractivity contribution in [1.29, 1.82) is 0 Å². The topological polar surface area (TPSA) is 49.4 Å². The molecule has 0 radical (unpaired) electrons. The van der Waals surface area contributed by atoms with Gasteiger partial charge in [0, 0.05) is 30.1 Å². The van der Waals surface area contributed by atoms with E-state index in [2.05, 4.69) is 5.32 Å². The van der Waals surface area contributed by atoms with Crippen LogP contribution in [0, 0.1) is 18.7 Å². The Kier molecular flexibility index (Phi) is 7.31. The molecule has 1 saturated heterocycles. The number of benzene rings is 2. The SMILES string of the molecule is CSc1ccccc1C(=O)N1CCCC(CCC(=O)Nc2ccc(F)cc2C)C1. The van der Waals surface area contributed by atoms with Crippen LogP contribution in [0.25, 0.3) is 0 Å². The van der Waals surface area contributed by atoms with Crippen molar-refractivity contribution in [2.45, 2.75) is 37.5 Å². The first-order chi connectivity index (χ1) is 14.0. The van der Waals surface area contributed by atoms with Crippen molar-refractivity contribution >= 4 is 29.3 Å². The van der Waals surface area contributed by atoms with E-state index >= 15 is 0 Å². The number of rotatable bonds is 6. The lowest BCUT2D eigenvalue weighted by molar-refractivity contribution is -0.116. The molecule has 3 rings (SSSR count). The number of nitrogens with zero attached hydrogens (tertiary/aromatic N) is 1. The summed E-state index contributed by atoms with van der Waals surface area (Å²) in [5.41, 5.74) is 2.11. The number of carbonyl (C=O) groups is 2. The molecule has 1 N–H and O–H groups in total. The number of carbonyl (C=O) groups excluding carboxylic acids is 2. The first-order valence-electron chi connectivity index (χ1n) is 9.96. The number of thioether (sulfide) groups is 1. The second-order valence-corrected chi connectivity index (χ2v) is 8.35. The normalized spacial score (nSPS) is 16.5. The highest BCUT2D eigenvalue weighted by atomic mass is 32.2. The lowest BCUT2D eigenvalue weighted by Crippen LogP contribution is -2.40. The van der Waals surface area contributed by atoms with Crippen molar-refractivity contribution in [1.82, 2.24) is 4.90 Å². The Morgan fingerprint density at radius 1 is 1.24 bits per heavy atom. The molecule has 1 unspecified atom stereocenters. The molecule has 1 fully saturated rings. The Bertz CT molecular complexity index is 887. The maximum absolute atomic E-state index is 13.2. The van der Waals surface area contributed by atoms with Gasteiger partial charge >= 0.3 is 0 Å². The second kappa shape index (κ2) is 9.92. The fourth-order valence-electron chi connectivity index (χ4n) is 3.79. The van der Waals surface area contributed by atoms with Gasteiger partial charge in [0.05, 0.1) is 5.56 Å². The van der Waals surface area contributed by atoms with E-state index in [-0.39, 0.29) is 17.6 Å². The molecular formula is C23H27FN2O2S. The Labute approximate surface area is 175 Å². The quantitative estimate of drug-likeness (QED) is 0.667. The number of anilines is 1. The fraction of sp³-hybridized carbons (Fsp3) is 0.391. The average molecular weight is 415 g/mol. The maximum Gasteiger partial charge on any atom is 0.254 e. The van der Waals surface area contributed by atoms with Crippen molar-refractivity contribution in [2.24, 2.45) is 5.92 Å². The van der Waals surface area contributed by atoms with Crippen LogP contribution in [-0.4, -0.2) is 36.1 Å². The number of likely N-dealkylation sites (tertiary alicyclic amines) is 1. The van der Waals surface area contributed by atoms with E-state index in [1.54, 1.807) is 24.8 Å². The van der Waals surface area contributed by atoms with Crippen LogP contribution in [-0.2, 0) is 4.79 Å². The largest absolute Gasteiger partial charge is 0.338 e. The van der Waals surface area contributed by atoms with Gasteiger partial charge in [-0.1, -0.05) is 12.1 Å². The fourth-order valence-corrected chi connectivity index (χ4v) is 4.38. The Balaban J connectivity index is 1.54. The molecule has 0 aromatic heterocycles. The molecule has 2 amide bonds. The third-order valence-electron chi connectivity index (χ3n) is 5.39. The molecule has 0 spiro atoms. The first kappa shape index (κ1) is 21.4. The van der Waals surface area contributed by atoms with Crippen molar-refractivity contribution < 1.29 is 14.0 Å². The summed E-state index contributed by atoms with van der Waals surface area (Å²) in [6.07, 6.45) is 5.09. The molecule has 2 aromatic rings. The number of hydrogen-bond donors (Lipinski definition) is 1. The van der Waals surface area contributed by atoms with Crippen molar-refractivity contribution in [3.63, 3.8) is 0 Å². The summed E-state index contributed by atoms with van der Waals surface area (Å²) < 4.78 is 13.2. The smallest absolute Gasteiger partial charge is 0.254 e. The Morgan fingerprint density at radius 2 is 2.03 bits per heavy atom. The summed E-state index contributed by atoms with van der Waals surface area (Å²) in [7, 11) is 0. The van der Waals surface area contributed by atoms with Crippen LogP contribution >= 0.6 is 11.8 Å². The number of hydrogen-bond acceptors (Lipinski definition) is 3. The summed E-state index contributed by atoms with van der Waals surface area (Å²) in [6, 6.07) is 12.1. The maximum atomic E-state index is 13.2. The van der Waals surface area contributed by atoms with Crippen LogP contribution in [0.2, 0.25) is 0 Å². The number of amides is 2. The Morgan fingerprint density at radius 3 is 2.79 bits per heavy atom. The van der Waals surface area contributed by atoms with Crippen molar-refractivity contribution in [3.05, 3.63) is 59.4 Å². The van der Waals surface area contributed by atoms with E-state index in [9.17, 15) is 14.0 Å². The standard InChI is InChI=1S/C23H27FN2O2S/c1-16-14-18(24)10-11-20(16)25-22(27)12-9-17-6-5-13-26(15-17)23(28)19-7-3-4-8-21(19)29-2/h3-4,7-8,10-11,14,17H,5-6,9,12-13,15H2,1-2H3,(H,25,27). The van der Waals surface area contributed by atoms with E-state index in [0.29, 0.717) is 30.1 Å². The highest BCUT2D eigenvalue weighted by Crippen LogP contribution is 2.26. The Hall–Kier alpha value is -2.34. The van der Waals surface area contributed by atoms with Crippen molar-refractivity contribution in [2.75, 3.05) is 24.7 Å². The van der Waals surface area contributed by atoms with Crippen LogP contribution in [0.4, 0.5) is 10.1 Å². The van der Waals surface area contributed by atoms with Crippen LogP contribution < -0.4 is 5.32 Å². The lowest BCUT2D eigenvalue weighted by atomic mass is 9.92. The molecule has 4 nitrogen and oxygen atoms in total. The highest BCUT2D eigenvalue weighted by molar-refractivity contribution is 7.98. The molecule has 29 heavy (non-hydrogen) atoms. The van der Waals surface area contributed by atoms with Gasteiger partial charge in [0.1, 0.15) is 5.82 Å². The molecule has 2 aromatic carbocycles. The lowest BCUT2D eigenvalue weighted by Gasteiger charge is -2.33. The summed E-state index contributed by atoms with van der Waals surface area (Å²) >= 11 is 1.58. The van der Waals surface area contributed by atoms with E-state index in [4.69, 9.17) is 0 Å². The molecule has 1 heterocycles. The molecule has 0 aliphatic carbocycles. The van der Waals surface area contributed by atoms with Gasteiger partial charge in [0.2, 0.25) is 5.91 Å². The van der Waals surface area contributed by atoms with Gasteiger partial charge in [0.25, 0.3) is 5.91 Å². The third-order valence-corrected chi connectivity index (χ3v) is 6.18. The van der Waals surface area contributed by atoms with Crippen LogP contribution in [0.3, 0.4) is 0 Å². The van der Waals surface area contributed by atoms with Crippen LogP contribution in [0.15, 0.2) is 47.4 Å². The molecule has 154 valence electrons. The van der Waals surface area contributed by atoms with Gasteiger partial charge in [-0.25, -0.2) is 4.39 Å². The molecular weight excluding hydrogens is 387 g/mol. The van der Waals surface area contributed by atoms with Crippen LogP contribution in [0.1, 0.15) is 41.6 Å². The minimum absolute atomic E-state index is 0.0733. The molecule has 6 heteroatoms. The van der Waals surface area contributed by atoms with Gasteiger partial charge in [0.15, 0.2) is 0 Å². The van der Waals surface area contributed by atoms with Gasteiger partial charge in [-0.15, -0.1) is 11.8 Å². The van der Waals surface area contributed by atoms with E-state index in [1.807, 2.05) is 35.4 Å². The van der Waals surface area contributed by atoms with Gasteiger partial charge in [-0.05, 0) is 74.3 Å². The molecule has 1 atom stereocenters. The van der Waals surface area contributed by atoms with Crippen molar-refractivity contribution in [3.8, 4) is 0 Å². The summed E-state index contributed by atoms with van der Waals surface area (Å²) in [4.78, 5) is 28.2. The summed E-state index contributed by atoms with van der Waals surface area (Å²) in [5, 5.41) is 2.86. The van der Waals surface area contributed by atoms with Gasteiger partial charge < -0.3 is 10.2 Å². The van der Waals surface area contributed by atoms with E-state index < -0.39 is 0 Å². The van der Waals surface area contributed by atoms with E-state index in [0.717, 1.165) is 36.3 Å². The zero-order valence-electron chi connectivity index (χ0n) is 16.9. The molecule has 1 aliphatic heterocycles. The number of halogens is 1. The van der Waals surface area contributed by atoms with E-state index in [1.165, 1.54) is 12.1 Å². The number of nitrogens with one attached hydrogen (secondary N) is 1. The predicted molar refractivity (Wildman–Crippen MR) is 116 cm³/mol. The van der Waals surface area contributed by atoms with Gasteiger partial charge in [-0.2, -0.15) is 0 Å². The summed E-state index contributed by atoms with van der Waals surface area (Å²) in [6.45, 7) is 3.22. The highest BCUT2D eigenvalue weighted by Gasteiger charge is 2.26. The molecule has 0 saturated carbocycles. The minimum atomic E-state index is -0.310. The first-order valence-corrected chi connectivity index (χ1v) is 11.2. The number of piperidine rings is 1. The summed E-state index contributed by atoms with van der Waals surface area (Å²) in [5.74, 6) is 0.00615.